The van der Waals surface area contributed by atoms with Gasteiger partial charge in [-0.05, 0) is 18.9 Å². The molecule has 0 bridgehead atoms. The second kappa shape index (κ2) is 2.44. The van der Waals surface area contributed by atoms with Crippen molar-refractivity contribution < 1.29 is 9.53 Å². The Kier molecular flexibility index (Phi) is 1.56. The third kappa shape index (κ3) is 1.22. The number of amides is 1. The van der Waals surface area contributed by atoms with Crippen LogP contribution in [0.2, 0.25) is 0 Å². The largest absolute Gasteiger partial charge is 0.413 e. The molecule has 0 spiro atoms. The van der Waals surface area contributed by atoms with Crippen molar-refractivity contribution in [2.24, 2.45) is 0 Å². The van der Waals surface area contributed by atoms with Gasteiger partial charge in [-0.2, -0.15) is 12.6 Å². The molecule has 2 rings (SSSR count). The van der Waals surface area contributed by atoms with E-state index in [4.69, 9.17) is 4.74 Å². The molecule has 0 saturated carbocycles. The number of fused-ring (bicyclic) bond motifs is 1. The molecule has 2 aliphatic rings. The van der Waals surface area contributed by atoms with Gasteiger partial charge < -0.3 is 10.1 Å². The minimum Gasteiger partial charge on any atom is -0.413 e. The maximum Gasteiger partial charge on any atom is 0.412 e. The molecule has 2 unspecified atom stereocenters. The molecule has 1 aliphatic heterocycles. The number of ether oxygens (including phenoxy) is 1. The number of alkyl carbamates (subject to hydrolysis) is 1. The van der Waals surface area contributed by atoms with E-state index in [1.54, 1.807) is 0 Å². The van der Waals surface area contributed by atoms with Crippen molar-refractivity contribution in [1.82, 2.24) is 5.32 Å². The maximum atomic E-state index is 10.7. The van der Waals surface area contributed by atoms with E-state index < -0.39 is 0 Å². The number of rotatable bonds is 0. The van der Waals surface area contributed by atoms with Crippen LogP contribution < -0.4 is 5.32 Å². The fraction of sp³-hybridized carbons (Fsp3) is 0.571. The Morgan fingerprint density at radius 3 is 3.27 bits per heavy atom. The van der Waals surface area contributed by atoms with E-state index in [0.29, 0.717) is 0 Å². The zero-order chi connectivity index (χ0) is 7.84. The van der Waals surface area contributed by atoms with Gasteiger partial charge in [0, 0.05) is 5.25 Å². The summed E-state index contributed by atoms with van der Waals surface area (Å²) in [5, 5.41) is 2.96. The van der Waals surface area contributed by atoms with Crippen molar-refractivity contribution in [3.05, 3.63) is 11.8 Å². The minimum atomic E-state index is -0.330. The highest BCUT2D eigenvalue weighted by atomic mass is 32.1. The van der Waals surface area contributed by atoms with Gasteiger partial charge in [-0.25, -0.2) is 4.79 Å². The van der Waals surface area contributed by atoms with Gasteiger partial charge >= 0.3 is 6.09 Å². The van der Waals surface area contributed by atoms with E-state index in [2.05, 4.69) is 17.9 Å². The van der Waals surface area contributed by atoms with Crippen LogP contribution >= 0.6 is 12.6 Å². The highest BCUT2D eigenvalue weighted by Crippen LogP contribution is 2.26. The van der Waals surface area contributed by atoms with Crippen LogP contribution in [-0.2, 0) is 4.74 Å². The summed E-state index contributed by atoms with van der Waals surface area (Å²) in [5.74, 6) is 0.751. The molecule has 0 aromatic carbocycles. The summed E-state index contributed by atoms with van der Waals surface area (Å²) in [5.41, 5.74) is 0. The Morgan fingerprint density at radius 1 is 1.64 bits per heavy atom. The summed E-state index contributed by atoms with van der Waals surface area (Å²) in [4.78, 5) is 10.7. The second-order valence-electron chi connectivity index (χ2n) is 2.80. The van der Waals surface area contributed by atoms with Crippen LogP contribution in [0.15, 0.2) is 11.8 Å². The molecule has 1 amide bonds. The summed E-state index contributed by atoms with van der Waals surface area (Å²) < 4.78 is 4.90. The van der Waals surface area contributed by atoms with Crippen molar-refractivity contribution in [3.63, 3.8) is 0 Å². The fourth-order valence-corrected chi connectivity index (χ4v) is 1.69. The molecule has 4 heteroatoms. The van der Waals surface area contributed by atoms with Gasteiger partial charge in [0.2, 0.25) is 0 Å². The Morgan fingerprint density at radius 2 is 2.45 bits per heavy atom. The first-order valence-corrected chi connectivity index (χ1v) is 4.15. The number of carbonyl (C=O) groups is 1. The lowest BCUT2D eigenvalue weighted by Crippen LogP contribution is -2.28. The highest BCUT2D eigenvalue weighted by Gasteiger charge is 2.31. The first kappa shape index (κ1) is 7.03. The smallest absolute Gasteiger partial charge is 0.412 e. The fourth-order valence-electron chi connectivity index (χ4n) is 1.40. The van der Waals surface area contributed by atoms with Crippen molar-refractivity contribution in [2.75, 3.05) is 0 Å². The van der Waals surface area contributed by atoms with Gasteiger partial charge in [0.05, 0.1) is 6.04 Å². The number of hydrogen-bond donors (Lipinski definition) is 2. The summed E-state index contributed by atoms with van der Waals surface area (Å²) in [7, 11) is 0. The van der Waals surface area contributed by atoms with Crippen molar-refractivity contribution in [3.8, 4) is 0 Å². The van der Waals surface area contributed by atoms with E-state index in [1.807, 2.05) is 6.08 Å². The third-order valence-electron chi connectivity index (χ3n) is 1.95. The molecule has 0 aromatic heterocycles. The zero-order valence-electron chi connectivity index (χ0n) is 5.91. The predicted octanol–water partition coefficient (Wildman–Crippen LogP) is 1.07. The second-order valence-corrected chi connectivity index (χ2v) is 3.46. The van der Waals surface area contributed by atoms with Gasteiger partial charge in [-0.15, -0.1) is 0 Å². The van der Waals surface area contributed by atoms with Crippen LogP contribution in [0.5, 0.6) is 0 Å². The van der Waals surface area contributed by atoms with Crippen molar-refractivity contribution in [1.29, 1.82) is 0 Å². The van der Waals surface area contributed by atoms with Gasteiger partial charge in [0.15, 0.2) is 0 Å². The normalized spacial score (nSPS) is 35.4. The lowest BCUT2D eigenvalue weighted by molar-refractivity contribution is 0.194. The Labute approximate surface area is 70.2 Å². The number of hydrogen-bond acceptors (Lipinski definition) is 3. The molecule has 1 saturated heterocycles. The zero-order valence-corrected chi connectivity index (χ0v) is 6.80. The Balaban J connectivity index is 2.20. The van der Waals surface area contributed by atoms with Crippen LogP contribution in [0.3, 0.4) is 0 Å². The summed E-state index contributed by atoms with van der Waals surface area (Å²) in [6.45, 7) is 0. The molecule has 1 fully saturated rings. The topological polar surface area (TPSA) is 38.3 Å². The summed E-state index contributed by atoms with van der Waals surface area (Å²) in [6.07, 6.45) is 3.51. The molecule has 2 atom stereocenters. The van der Waals surface area contributed by atoms with E-state index in [-0.39, 0.29) is 17.4 Å². The summed E-state index contributed by atoms with van der Waals surface area (Å²) >= 11 is 4.28. The van der Waals surface area contributed by atoms with Crippen LogP contribution in [0, 0.1) is 0 Å². The van der Waals surface area contributed by atoms with Crippen LogP contribution in [0.1, 0.15) is 12.8 Å². The predicted molar refractivity (Wildman–Crippen MR) is 43.5 cm³/mol. The molecule has 1 heterocycles. The number of nitrogens with one attached hydrogen (secondary N) is 1. The van der Waals surface area contributed by atoms with Gasteiger partial charge in [-0.1, -0.05) is 0 Å². The average molecular weight is 171 g/mol. The SMILES string of the molecule is O=C1NC2CCC(S)C=C2O1. The van der Waals surface area contributed by atoms with Crippen LogP contribution in [-0.4, -0.2) is 17.4 Å². The lowest BCUT2D eigenvalue weighted by Gasteiger charge is -2.17. The van der Waals surface area contributed by atoms with Gasteiger partial charge in [0.25, 0.3) is 0 Å². The number of carbonyl (C=O) groups excluding carboxylic acids is 1. The molecular weight excluding hydrogens is 162 g/mol. The lowest BCUT2D eigenvalue weighted by atomic mass is 10.0. The summed E-state index contributed by atoms with van der Waals surface area (Å²) in [6, 6.07) is 0.117. The molecule has 0 aromatic rings. The molecule has 60 valence electrons. The molecular formula is C7H9NO2S. The monoisotopic (exact) mass is 171 g/mol. The average Bonchev–Trinajstić information content (AvgIpc) is 2.27. The first-order chi connectivity index (χ1) is 5.25. The van der Waals surface area contributed by atoms with Gasteiger partial charge in [-0.3, -0.25) is 0 Å². The maximum absolute atomic E-state index is 10.7. The van der Waals surface area contributed by atoms with Crippen LogP contribution in [0.25, 0.3) is 0 Å². The molecule has 11 heavy (non-hydrogen) atoms. The Bertz CT molecular complexity index is 226. The van der Waals surface area contributed by atoms with E-state index in [9.17, 15) is 4.79 Å². The molecule has 1 aliphatic carbocycles. The van der Waals surface area contributed by atoms with E-state index in [1.165, 1.54) is 0 Å². The molecule has 0 radical (unpaired) electrons. The first-order valence-electron chi connectivity index (χ1n) is 3.64. The molecule has 3 nitrogen and oxygen atoms in total. The third-order valence-corrected chi connectivity index (χ3v) is 2.36. The van der Waals surface area contributed by atoms with E-state index in [0.717, 1.165) is 18.6 Å². The Hall–Kier alpha value is -0.640. The minimum absolute atomic E-state index is 0.117. The molecule has 1 N–H and O–H groups in total. The standard InChI is InChI=1S/C7H9NO2S/c9-7-8-5-2-1-4(11)3-6(5)10-7/h3-5,11H,1-2H2,(H,8,9). The van der Waals surface area contributed by atoms with Crippen molar-refractivity contribution >= 4 is 18.7 Å². The van der Waals surface area contributed by atoms with Crippen LogP contribution in [0.4, 0.5) is 4.79 Å². The number of thiol groups is 1. The van der Waals surface area contributed by atoms with Gasteiger partial charge in [0.1, 0.15) is 5.76 Å². The highest BCUT2D eigenvalue weighted by molar-refractivity contribution is 7.81. The van der Waals surface area contributed by atoms with E-state index >= 15 is 0 Å². The quantitative estimate of drug-likeness (QED) is 0.535. The van der Waals surface area contributed by atoms with Crippen molar-refractivity contribution in [2.45, 2.75) is 24.1 Å².